The lowest BCUT2D eigenvalue weighted by atomic mass is 10.1. The lowest BCUT2D eigenvalue weighted by Crippen LogP contribution is -2.04. The van der Waals surface area contributed by atoms with Gasteiger partial charge < -0.3 is 5.32 Å². The van der Waals surface area contributed by atoms with E-state index >= 15 is 0 Å². The maximum Gasteiger partial charge on any atom is 0.183 e. The number of thiazole rings is 1. The second kappa shape index (κ2) is 5.91. The number of hydrogen-bond acceptors (Lipinski definition) is 3. The Morgan fingerprint density at radius 3 is 2.67 bits per heavy atom. The van der Waals surface area contributed by atoms with E-state index in [-0.39, 0.29) is 0 Å². The van der Waals surface area contributed by atoms with E-state index in [1.54, 1.807) is 17.4 Å². The van der Waals surface area contributed by atoms with Crippen LogP contribution < -0.4 is 5.32 Å². The third-order valence-electron chi connectivity index (χ3n) is 2.71. The number of nitrogens with one attached hydrogen (secondary N) is 1. The van der Waals surface area contributed by atoms with Crippen LogP contribution in [0.5, 0.6) is 0 Å². The molecule has 0 unspecified atom stereocenters. The first-order chi connectivity index (χ1) is 8.56. The molecule has 0 aliphatic carbocycles. The molecule has 0 fully saturated rings. The predicted octanol–water partition coefficient (Wildman–Crippen LogP) is 4.72. The van der Waals surface area contributed by atoms with Crippen LogP contribution in [0, 0.1) is 13.8 Å². The first-order valence-electron chi connectivity index (χ1n) is 5.68. The monoisotopic (exact) mass is 300 g/mol. The Bertz CT molecular complexity index is 532. The molecule has 0 atom stereocenters. The van der Waals surface area contributed by atoms with Crippen LogP contribution in [0.2, 0.25) is 10.0 Å². The summed E-state index contributed by atoms with van der Waals surface area (Å²) in [6.45, 7) is 4.91. The van der Waals surface area contributed by atoms with Crippen molar-refractivity contribution in [2.24, 2.45) is 0 Å². The minimum absolute atomic E-state index is 0.669. The summed E-state index contributed by atoms with van der Waals surface area (Å²) in [6.07, 6.45) is 0.855. The van der Waals surface area contributed by atoms with Crippen LogP contribution in [-0.2, 0) is 6.42 Å². The van der Waals surface area contributed by atoms with Crippen molar-refractivity contribution in [2.45, 2.75) is 20.3 Å². The van der Waals surface area contributed by atoms with Gasteiger partial charge in [-0.3, -0.25) is 0 Å². The fraction of sp³-hybridized carbons (Fsp3) is 0.308. The van der Waals surface area contributed by atoms with Gasteiger partial charge in [0.05, 0.1) is 5.69 Å². The molecule has 0 aliphatic heterocycles. The first-order valence-corrected chi connectivity index (χ1v) is 7.25. The van der Waals surface area contributed by atoms with Crippen LogP contribution in [0.15, 0.2) is 18.2 Å². The third kappa shape index (κ3) is 3.37. The van der Waals surface area contributed by atoms with E-state index in [0.717, 1.165) is 34.4 Å². The SMILES string of the molecule is Cc1nc(NCCc2ccc(Cl)cc2Cl)sc1C. The molecule has 0 amide bonds. The molecular weight excluding hydrogens is 287 g/mol. The molecule has 1 aromatic carbocycles. The second-order valence-corrected chi connectivity index (χ2v) is 6.12. The molecule has 1 N–H and O–H groups in total. The minimum Gasteiger partial charge on any atom is -0.361 e. The Morgan fingerprint density at radius 2 is 2.06 bits per heavy atom. The zero-order valence-electron chi connectivity index (χ0n) is 10.3. The fourth-order valence-corrected chi connectivity index (χ4v) is 2.92. The molecule has 2 nitrogen and oxygen atoms in total. The summed E-state index contributed by atoms with van der Waals surface area (Å²) in [6, 6.07) is 5.60. The van der Waals surface area contributed by atoms with Gasteiger partial charge in [0.25, 0.3) is 0 Å². The molecule has 18 heavy (non-hydrogen) atoms. The number of benzene rings is 1. The van der Waals surface area contributed by atoms with Gasteiger partial charge in [-0.25, -0.2) is 4.98 Å². The summed E-state index contributed by atoms with van der Waals surface area (Å²) >= 11 is 13.7. The van der Waals surface area contributed by atoms with Crippen molar-refractivity contribution < 1.29 is 0 Å². The summed E-state index contributed by atoms with van der Waals surface area (Å²) < 4.78 is 0. The molecule has 2 aromatic rings. The summed E-state index contributed by atoms with van der Waals surface area (Å²) in [5.74, 6) is 0. The Kier molecular flexibility index (Phi) is 4.49. The van der Waals surface area contributed by atoms with Crippen LogP contribution in [0.3, 0.4) is 0 Å². The minimum atomic E-state index is 0.669. The van der Waals surface area contributed by atoms with Gasteiger partial charge in [0, 0.05) is 21.5 Å². The third-order valence-corrected chi connectivity index (χ3v) is 4.33. The molecule has 1 heterocycles. The Balaban J connectivity index is 1.92. The molecular formula is C13H14Cl2N2S. The Labute approximate surface area is 121 Å². The van der Waals surface area contributed by atoms with E-state index in [1.165, 1.54) is 4.88 Å². The lowest BCUT2D eigenvalue weighted by Gasteiger charge is -2.05. The predicted molar refractivity (Wildman–Crippen MR) is 80.2 cm³/mol. The molecule has 96 valence electrons. The number of aromatic nitrogens is 1. The Morgan fingerprint density at radius 1 is 1.28 bits per heavy atom. The van der Waals surface area contributed by atoms with Crippen molar-refractivity contribution in [3.63, 3.8) is 0 Å². The summed E-state index contributed by atoms with van der Waals surface area (Å²) in [4.78, 5) is 5.68. The first kappa shape index (κ1) is 13.7. The van der Waals surface area contributed by atoms with Crippen molar-refractivity contribution >= 4 is 39.7 Å². The van der Waals surface area contributed by atoms with Crippen LogP contribution in [0.1, 0.15) is 16.1 Å². The summed E-state index contributed by atoms with van der Waals surface area (Å²) in [5.41, 5.74) is 2.19. The lowest BCUT2D eigenvalue weighted by molar-refractivity contribution is 1.01. The van der Waals surface area contributed by atoms with Crippen LogP contribution in [0.4, 0.5) is 5.13 Å². The highest BCUT2D eigenvalue weighted by Gasteiger charge is 2.04. The van der Waals surface area contributed by atoms with Gasteiger partial charge in [0.15, 0.2) is 5.13 Å². The van der Waals surface area contributed by atoms with Crippen LogP contribution in [0.25, 0.3) is 0 Å². The number of nitrogens with zero attached hydrogens (tertiary/aromatic N) is 1. The number of rotatable bonds is 4. The summed E-state index contributed by atoms with van der Waals surface area (Å²) in [5, 5.41) is 5.67. The number of hydrogen-bond donors (Lipinski definition) is 1. The molecule has 0 saturated carbocycles. The molecule has 5 heteroatoms. The summed E-state index contributed by atoms with van der Waals surface area (Å²) in [7, 11) is 0. The highest BCUT2D eigenvalue weighted by molar-refractivity contribution is 7.15. The number of halogens is 2. The molecule has 2 rings (SSSR count). The maximum atomic E-state index is 6.12. The van der Waals surface area contributed by atoms with E-state index < -0.39 is 0 Å². The van der Waals surface area contributed by atoms with Crippen molar-refractivity contribution in [1.29, 1.82) is 0 Å². The van der Waals surface area contributed by atoms with Crippen molar-refractivity contribution in [1.82, 2.24) is 4.98 Å². The number of anilines is 1. The van der Waals surface area contributed by atoms with Gasteiger partial charge in [0.1, 0.15) is 0 Å². The highest BCUT2D eigenvalue weighted by Crippen LogP contribution is 2.23. The average molecular weight is 301 g/mol. The Hall–Kier alpha value is -0.770. The quantitative estimate of drug-likeness (QED) is 0.883. The maximum absolute atomic E-state index is 6.12. The smallest absolute Gasteiger partial charge is 0.183 e. The van der Waals surface area contributed by atoms with Crippen LogP contribution in [-0.4, -0.2) is 11.5 Å². The van der Waals surface area contributed by atoms with E-state index in [4.69, 9.17) is 23.2 Å². The van der Waals surface area contributed by atoms with Crippen LogP contribution >= 0.6 is 34.5 Å². The van der Waals surface area contributed by atoms with E-state index in [0.29, 0.717) is 5.02 Å². The highest BCUT2D eigenvalue weighted by atomic mass is 35.5. The van der Waals surface area contributed by atoms with Gasteiger partial charge in [-0.05, 0) is 38.0 Å². The molecule has 0 radical (unpaired) electrons. The van der Waals surface area contributed by atoms with E-state index in [1.807, 2.05) is 19.1 Å². The largest absolute Gasteiger partial charge is 0.361 e. The molecule has 0 saturated heterocycles. The fourth-order valence-electron chi connectivity index (χ4n) is 1.58. The second-order valence-electron chi connectivity index (χ2n) is 4.07. The van der Waals surface area contributed by atoms with Crippen molar-refractivity contribution in [2.75, 3.05) is 11.9 Å². The topological polar surface area (TPSA) is 24.9 Å². The van der Waals surface area contributed by atoms with Crippen molar-refractivity contribution in [3.05, 3.63) is 44.4 Å². The van der Waals surface area contributed by atoms with Gasteiger partial charge in [0.2, 0.25) is 0 Å². The van der Waals surface area contributed by atoms with Gasteiger partial charge in [-0.2, -0.15) is 0 Å². The molecule has 0 bridgehead atoms. The average Bonchev–Trinajstić information content (AvgIpc) is 2.61. The standard InChI is InChI=1S/C13H14Cl2N2S/c1-8-9(2)18-13(17-8)16-6-5-10-3-4-11(14)7-12(10)15/h3-4,7H,5-6H2,1-2H3,(H,16,17). The molecule has 0 aliphatic rings. The van der Waals surface area contributed by atoms with E-state index in [2.05, 4.69) is 17.2 Å². The van der Waals surface area contributed by atoms with Gasteiger partial charge in [-0.1, -0.05) is 29.3 Å². The molecule has 1 aromatic heterocycles. The van der Waals surface area contributed by atoms with Crippen molar-refractivity contribution in [3.8, 4) is 0 Å². The van der Waals surface area contributed by atoms with Gasteiger partial charge >= 0.3 is 0 Å². The van der Waals surface area contributed by atoms with E-state index in [9.17, 15) is 0 Å². The van der Waals surface area contributed by atoms with Gasteiger partial charge in [-0.15, -0.1) is 11.3 Å². The normalized spacial score (nSPS) is 10.7. The number of aryl methyl sites for hydroxylation is 2. The zero-order valence-corrected chi connectivity index (χ0v) is 12.6. The molecule has 0 spiro atoms. The zero-order chi connectivity index (χ0) is 13.1.